The summed E-state index contributed by atoms with van der Waals surface area (Å²) in [6.07, 6.45) is 1.46. The number of carboxylic acid groups (broad SMARTS) is 1. The normalized spacial score (nSPS) is 10.4. The minimum absolute atomic E-state index is 0.162. The maximum Gasteiger partial charge on any atom is 0.336 e. The molecule has 1 N–H and O–H groups in total. The van der Waals surface area contributed by atoms with Gasteiger partial charge in [-0.3, -0.25) is 0 Å². The van der Waals surface area contributed by atoms with E-state index in [-0.39, 0.29) is 12.2 Å². The van der Waals surface area contributed by atoms with Crippen LogP contribution in [0.25, 0.3) is 0 Å². The number of hydrogen-bond donors (Lipinski definition) is 1. The lowest BCUT2D eigenvalue weighted by atomic mass is 10.2. The Balaban J connectivity index is 2.12. The van der Waals surface area contributed by atoms with Gasteiger partial charge in [0.05, 0.1) is 5.56 Å². The zero-order valence-electron chi connectivity index (χ0n) is 10.2. The number of carboxylic acids is 1. The summed E-state index contributed by atoms with van der Waals surface area (Å²) in [6, 6.07) is 4.81. The van der Waals surface area contributed by atoms with E-state index in [2.05, 4.69) is 26.0 Å². The molecule has 100 valence electrons. The van der Waals surface area contributed by atoms with Gasteiger partial charge in [-0.1, -0.05) is 0 Å². The summed E-state index contributed by atoms with van der Waals surface area (Å²) in [7, 11) is 0. The Morgan fingerprint density at radius 1 is 1.53 bits per heavy atom. The third-order valence-electron chi connectivity index (χ3n) is 2.53. The molecule has 1 heterocycles. The number of carbonyl (C=O) groups is 1. The molecule has 0 aliphatic heterocycles. The molecule has 0 amide bonds. The van der Waals surface area contributed by atoms with E-state index in [1.807, 2.05) is 6.92 Å². The Labute approximate surface area is 118 Å². The number of ether oxygens (including phenoxy) is 1. The van der Waals surface area contributed by atoms with Crippen LogP contribution in [0.5, 0.6) is 5.75 Å². The van der Waals surface area contributed by atoms with Crippen LogP contribution in [0.1, 0.15) is 23.1 Å². The molecule has 6 nitrogen and oxygen atoms in total. The molecular weight excluding hydrogens is 314 g/mol. The fourth-order valence-corrected chi connectivity index (χ4v) is 1.99. The summed E-state index contributed by atoms with van der Waals surface area (Å²) in [6.45, 7) is 2.91. The van der Waals surface area contributed by atoms with Crippen molar-refractivity contribution < 1.29 is 14.6 Å². The molecule has 1 aromatic carbocycles. The Morgan fingerprint density at radius 3 is 3.00 bits per heavy atom. The molecule has 0 saturated heterocycles. The van der Waals surface area contributed by atoms with E-state index in [1.54, 1.807) is 16.8 Å². The Kier molecular flexibility index (Phi) is 4.16. The Morgan fingerprint density at radius 2 is 2.32 bits per heavy atom. The summed E-state index contributed by atoms with van der Waals surface area (Å²) in [5, 5.41) is 13.0. The number of nitrogens with zero attached hydrogens (tertiary/aromatic N) is 3. The van der Waals surface area contributed by atoms with Crippen LogP contribution in [0.15, 0.2) is 29.0 Å². The lowest BCUT2D eigenvalue weighted by Gasteiger charge is -2.08. The average Bonchev–Trinajstić information content (AvgIpc) is 2.84. The van der Waals surface area contributed by atoms with Gasteiger partial charge in [0.2, 0.25) is 0 Å². The SMILES string of the molecule is CCn1ncnc1COc1ccc(Br)c(C(=O)O)c1. The van der Waals surface area contributed by atoms with Gasteiger partial charge in [0, 0.05) is 11.0 Å². The molecule has 0 unspecified atom stereocenters. The Bertz CT molecular complexity index is 598. The first-order valence-electron chi connectivity index (χ1n) is 5.64. The van der Waals surface area contributed by atoms with Gasteiger partial charge >= 0.3 is 5.97 Å². The van der Waals surface area contributed by atoms with Crippen molar-refractivity contribution in [3.63, 3.8) is 0 Å². The largest absolute Gasteiger partial charge is 0.486 e. The number of aryl methyl sites for hydroxylation is 1. The maximum atomic E-state index is 11.0. The standard InChI is InChI=1S/C12H12BrN3O3/c1-2-16-11(14-7-15-16)6-19-8-3-4-10(13)9(5-8)12(17)18/h3-5,7H,2,6H2,1H3,(H,17,18). The van der Waals surface area contributed by atoms with Gasteiger partial charge < -0.3 is 9.84 Å². The molecular formula is C12H12BrN3O3. The van der Waals surface area contributed by atoms with Gasteiger partial charge in [0.25, 0.3) is 0 Å². The van der Waals surface area contributed by atoms with Gasteiger partial charge in [-0.15, -0.1) is 0 Å². The molecule has 0 aliphatic carbocycles. The van der Waals surface area contributed by atoms with Crippen LogP contribution in [-0.2, 0) is 13.2 Å². The predicted molar refractivity (Wildman–Crippen MR) is 71.1 cm³/mol. The van der Waals surface area contributed by atoms with Gasteiger partial charge in [0.1, 0.15) is 18.7 Å². The van der Waals surface area contributed by atoms with Gasteiger partial charge in [-0.25, -0.2) is 14.5 Å². The second-order valence-corrected chi connectivity index (χ2v) is 4.58. The molecule has 0 spiro atoms. The quantitative estimate of drug-likeness (QED) is 0.912. The molecule has 2 aromatic rings. The summed E-state index contributed by atoms with van der Waals surface area (Å²) < 4.78 is 7.77. The van der Waals surface area contributed by atoms with E-state index in [1.165, 1.54) is 12.4 Å². The Hall–Kier alpha value is -1.89. The molecule has 0 bridgehead atoms. The van der Waals surface area contributed by atoms with E-state index < -0.39 is 5.97 Å². The number of aromatic nitrogens is 3. The van der Waals surface area contributed by atoms with E-state index in [0.29, 0.717) is 22.6 Å². The first-order chi connectivity index (χ1) is 9.11. The highest BCUT2D eigenvalue weighted by atomic mass is 79.9. The summed E-state index contributed by atoms with van der Waals surface area (Å²) in [5.74, 6) is 0.169. The average molecular weight is 326 g/mol. The van der Waals surface area contributed by atoms with Crippen molar-refractivity contribution in [2.45, 2.75) is 20.1 Å². The van der Waals surface area contributed by atoms with E-state index in [0.717, 1.165) is 0 Å². The lowest BCUT2D eigenvalue weighted by molar-refractivity contribution is 0.0695. The summed E-state index contributed by atoms with van der Waals surface area (Å²) in [4.78, 5) is 15.1. The highest BCUT2D eigenvalue weighted by molar-refractivity contribution is 9.10. The summed E-state index contributed by atoms with van der Waals surface area (Å²) in [5.41, 5.74) is 0.162. The van der Waals surface area contributed by atoms with Crippen LogP contribution in [0.4, 0.5) is 0 Å². The van der Waals surface area contributed by atoms with Crippen molar-refractivity contribution in [2.24, 2.45) is 0 Å². The third-order valence-corrected chi connectivity index (χ3v) is 3.22. The molecule has 0 radical (unpaired) electrons. The van der Waals surface area contributed by atoms with Gasteiger partial charge in [-0.2, -0.15) is 5.10 Å². The van der Waals surface area contributed by atoms with Gasteiger partial charge in [-0.05, 0) is 41.1 Å². The summed E-state index contributed by atoms with van der Waals surface area (Å²) >= 11 is 3.18. The minimum atomic E-state index is -1.01. The van der Waals surface area contributed by atoms with Crippen LogP contribution in [0.2, 0.25) is 0 Å². The van der Waals surface area contributed by atoms with Crippen LogP contribution in [-0.4, -0.2) is 25.8 Å². The van der Waals surface area contributed by atoms with Gasteiger partial charge in [0.15, 0.2) is 5.82 Å². The zero-order chi connectivity index (χ0) is 13.8. The lowest BCUT2D eigenvalue weighted by Crippen LogP contribution is -2.07. The van der Waals surface area contributed by atoms with Crippen LogP contribution < -0.4 is 4.74 Å². The second-order valence-electron chi connectivity index (χ2n) is 3.73. The van der Waals surface area contributed by atoms with E-state index >= 15 is 0 Å². The molecule has 2 rings (SSSR count). The predicted octanol–water partition coefficient (Wildman–Crippen LogP) is 2.34. The maximum absolute atomic E-state index is 11.0. The smallest absolute Gasteiger partial charge is 0.336 e. The van der Waals surface area contributed by atoms with E-state index in [9.17, 15) is 4.79 Å². The topological polar surface area (TPSA) is 77.2 Å². The highest BCUT2D eigenvalue weighted by Gasteiger charge is 2.10. The number of hydrogen-bond acceptors (Lipinski definition) is 4. The van der Waals surface area contributed by atoms with Crippen LogP contribution >= 0.6 is 15.9 Å². The number of rotatable bonds is 5. The molecule has 19 heavy (non-hydrogen) atoms. The molecule has 1 aromatic heterocycles. The van der Waals surface area contributed by atoms with E-state index in [4.69, 9.17) is 9.84 Å². The number of aromatic carboxylic acids is 1. The van der Waals surface area contributed by atoms with Crippen LogP contribution in [0.3, 0.4) is 0 Å². The number of halogens is 1. The molecule has 0 fully saturated rings. The zero-order valence-corrected chi connectivity index (χ0v) is 11.8. The monoisotopic (exact) mass is 325 g/mol. The number of benzene rings is 1. The minimum Gasteiger partial charge on any atom is -0.486 e. The van der Waals surface area contributed by atoms with Crippen molar-refractivity contribution in [2.75, 3.05) is 0 Å². The molecule has 0 atom stereocenters. The third kappa shape index (κ3) is 3.11. The van der Waals surface area contributed by atoms with Crippen molar-refractivity contribution in [1.29, 1.82) is 0 Å². The molecule has 0 aliphatic rings. The fraction of sp³-hybridized carbons (Fsp3) is 0.250. The van der Waals surface area contributed by atoms with Crippen molar-refractivity contribution in [3.8, 4) is 5.75 Å². The fourth-order valence-electron chi connectivity index (χ4n) is 1.57. The first-order valence-corrected chi connectivity index (χ1v) is 6.43. The van der Waals surface area contributed by atoms with Crippen molar-refractivity contribution in [1.82, 2.24) is 14.8 Å². The molecule has 7 heteroatoms. The second kappa shape index (κ2) is 5.83. The first kappa shape index (κ1) is 13.5. The highest BCUT2D eigenvalue weighted by Crippen LogP contribution is 2.23. The molecule has 0 saturated carbocycles. The van der Waals surface area contributed by atoms with Crippen molar-refractivity contribution >= 4 is 21.9 Å². The van der Waals surface area contributed by atoms with Crippen LogP contribution in [0, 0.1) is 0 Å². The van der Waals surface area contributed by atoms with Crippen molar-refractivity contribution in [3.05, 3.63) is 40.4 Å².